The monoisotopic (exact) mass is 269 g/mol. The zero-order valence-corrected chi connectivity index (χ0v) is 10.9. The fourth-order valence-corrected chi connectivity index (χ4v) is 2.25. The highest BCUT2D eigenvalue weighted by Crippen LogP contribution is 2.29. The van der Waals surface area contributed by atoms with Gasteiger partial charge in [0.25, 0.3) is 0 Å². The first kappa shape index (κ1) is 11.8. The third-order valence-electron chi connectivity index (χ3n) is 2.91. The van der Waals surface area contributed by atoms with Gasteiger partial charge in [0.2, 0.25) is 0 Å². The summed E-state index contributed by atoms with van der Waals surface area (Å²) in [6.45, 7) is 0. The largest absolute Gasteiger partial charge is 0.398 e. The molecule has 1 heterocycles. The summed E-state index contributed by atoms with van der Waals surface area (Å²) in [5, 5.41) is 5.91. The minimum Gasteiger partial charge on any atom is -0.398 e. The van der Waals surface area contributed by atoms with Crippen molar-refractivity contribution in [3.8, 4) is 0 Å². The van der Waals surface area contributed by atoms with Crippen LogP contribution in [0.5, 0.6) is 0 Å². The zero-order chi connectivity index (χ0) is 13.2. The zero-order valence-electron chi connectivity index (χ0n) is 10.1. The van der Waals surface area contributed by atoms with Crippen LogP contribution in [-0.2, 0) is 0 Å². The topological polar surface area (TPSA) is 50.9 Å². The quantitative estimate of drug-likeness (QED) is 0.685. The summed E-state index contributed by atoms with van der Waals surface area (Å²) in [7, 11) is 0. The molecule has 3 nitrogen and oxygen atoms in total. The second-order valence-electron chi connectivity index (χ2n) is 4.24. The molecule has 3 N–H and O–H groups in total. The Balaban J connectivity index is 2.11. The fraction of sp³-hybridized carbons (Fsp3) is 0. The van der Waals surface area contributed by atoms with Gasteiger partial charge in [0, 0.05) is 28.0 Å². The first-order valence-electron chi connectivity index (χ1n) is 5.90. The molecule has 0 unspecified atom stereocenters. The van der Waals surface area contributed by atoms with Crippen molar-refractivity contribution in [3.05, 3.63) is 59.8 Å². The number of anilines is 3. The molecule has 0 saturated carbocycles. The van der Waals surface area contributed by atoms with Crippen LogP contribution in [0.4, 0.5) is 17.2 Å². The summed E-state index contributed by atoms with van der Waals surface area (Å²) >= 11 is 5.98. The molecule has 1 aromatic heterocycles. The number of rotatable bonds is 2. The average molecular weight is 270 g/mol. The van der Waals surface area contributed by atoms with Crippen LogP contribution in [0.15, 0.2) is 54.7 Å². The maximum Gasteiger partial charge on any atom is 0.140 e. The van der Waals surface area contributed by atoms with Gasteiger partial charge in [0.15, 0.2) is 0 Å². The standard InChI is InChI=1S/C15H12ClN3/c16-11-4-2-5-12(9-11)19-15-14-10(7-8-18-15)3-1-6-13(14)17/h1-9H,17H2,(H,18,19). The van der Waals surface area contributed by atoms with E-state index < -0.39 is 0 Å². The number of hydrogen-bond acceptors (Lipinski definition) is 3. The van der Waals surface area contributed by atoms with E-state index in [1.54, 1.807) is 6.20 Å². The first-order valence-corrected chi connectivity index (χ1v) is 6.27. The van der Waals surface area contributed by atoms with E-state index in [9.17, 15) is 0 Å². The van der Waals surface area contributed by atoms with Crippen LogP contribution < -0.4 is 11.1 Å². The molecule has 2 aromatic carbocycles. The van der Waals surface area contributed by atoms with Crippen LogP contribution in [0.2, 0.25) is 5.02 Å². The number of fused-ring (bicyclic) bond motifs is 1. The molecular formula is C15H12ClN3. The molecule has 0 saturated heterocycles. The van der Waals surface area contributed by atoms with E-state index in [-0.39, 0.29) is 0 Å². The molecule has 0 bridgehead atoms. The molecule has 0 fully saturated rings. The van der Waals surface area contributed by atoms with E-state index in [4.69, 9.17) is 17.3 Å². The van der Waals surface area contributed by atoms with Gasteiger partial charge in [-0.15, -0.1) is 0 Å². The van der Waals surface area contributed by atoms with Gasteiger partial charge in [0.05, 0.1) is 0 Å². The maximum atomic E-state index is 6.03. The third-order valence-corrected chi connectivity index (χ3v) is 3.15. The van der Waals surface area contributed by atoms with Gasteiger partial charge < -0.3 is 11.1 Å². The van der Waals surface area contributed by atoms with Gasteiger partial charge in [-0.25, -0.2) is 4.98 Å². The van der Waals surface area contributed by atoms with Crippen molar-refractivity contribution < 1.29 is 0 Å². The summed E-state index contributed by atoms with van der Waals surface area (Å²) in [4.78, 5) is 4.36. The Kier molecular flexibility index (Phi) is 2.97. The van der Waals surface area contributed by atoms with Crippen LogP contribution >= 0.6 is 11.6 Å². The van der Waals surface area contributed by atoms with E-state index in [1.807, 2.05) is 48.5 Å². The molecule has 0 amide bonds. The van der Waals surface area contributed by atoms with E-state index in [2.05, 4.69) is 10.3 Å². The molecular weight excluding hydrogens is 258 g/mol. The molecule has 0 radical (unpaired) electrons. The Labute approximate surface area is 116 Å². The molecule has 0 atom stereocenters. The Morgan fingerprint density at radius 3 is 2.74 bits per heavy atom. The lowest BCUT2D eigenvalue weighted by atomic mass is 10.1. The van der Waals surface area contributed by atoms with Crippen LogP contribution in [0, 0.1) is 0 Å². The SMILES string of the molecule is Nc1cccc2ccnc(Nc3cccc(Cl)c3)c12. The van der Waals surface area contributed by atoms with Crippen molar-refractivity contribution in [2.24, 2.45) is 0 Å². The molecule has 3 rings (SSSR count). The van der Waals surface area contributed by atoms with Crippen molar-refractivity contribution in [1.82, 2.24) is 4.98 Å². The molecule has 0 aliphatic heterocycles. The van der Waals surface area contributed by atoms with Crippen molar-refractivity contribution >= 4 is 39.6 Å². The Morgan fingerprint density at radius 1 is 1.05 bits per heavy atom. The molecule has 0 spiro atoms. The van der Waals surface area contributed by atoms with E-state index in [1.165, 1.54) is 0 Å². The molecule has 3 aromatic rings. The van der Waals surface area contributed by atoms with Crippen LogP contribution in [0.1, 0.15) is 0 Å². The fourth-order valence-electron chi connectivity index (χ4n) is 2.06. The van der Waals surface area contributed by atoms with Crippen molar-refractivity contribution in [2.75, 3.05) is 11.1 Å². The number of nitrogen functional groups attached to an aromatic ring is 1. The van der Waals surface area contributed by atoms with Gasteiger partial charge in [-0.3, -0.25) is 0 Å². The van der Waals surface area contributed by atoms with E-state index in [0.29, 0.717) is 10.7 Å². The smallest absolute Gasteiger partial charge is 0.140 e. The Morgan fingerprint density at radius 2 is 1.89 bits per heavy atom. The van der Waals surface area contributed by atoms with Crippen LogP contribution in [0.3, 0.4) is 0 Å². The number of benzene rings is 2. The molecule has 19 heavy (non-hydrogen) atoms. The van der Waals surface area contributed by atoms with E-state index >= 15 is 0 Å². The van der Waals surface area contributed by atoms with Crippen molar-refractivity contribution in [2.45, 2.75) is 0 Å². The highest BCUT2D eigenvalue weighted by molar-refractivity contribution is 6.30. The van der Waals surface area contributed by atoms with E-state index in [0.717, 1.165) is 22.3 Å². The van der Waals surface area contributed by atoms with Gasteiger partial charge in [-0.2, -0.15) is 0 Å². The molecule has 0 aliphatic carbocycles. The van der Waals surface area contributed by atoms with Gasteiger partial charge in [-0.1, -0.05) is 29.8 Å². The highest BCUT2D eigenvalue weighted by Gasteiger charge is 2.06. The predicted octanol–water partition coefficient (Wildman–Crippen LogP) is 4.21. The highest BCUT2D eigenvalue weighted by atomic mass is 35.5. The van der Waals surface area contributed by atoms with Crippen molar-refractivity contribution in [3.63, 3.8) is 0 Å². The second-order valence-corrected chi connectivity index (χ2v) is 4.68. The number of hydrogen-bond donors (Lipinski definition) is 2. The first-order chi connectivity index (χ1) is 9.24. The number of nitrogens with two attached hydrogens (primary N) is 1. The van der Waals surface area contributed by atoms with Gasteiger partial charge in [0.1, 0.15) is 5.82 Å². The minimum absolute atomic E-state index is 0.679. The summed E-state index contributed by atoms with van der Waals surface area (Å²) in [5.74, 6) is 0.734. The number of nitrogens with one attached hydrogen (secondary N) is 1. The lowest BCUT2D eigenvalue weighted by Gasteiger charge is -2.10. The maximum absolute atomic E-state index is 6.03. The van der Waals surface area contributed by atoms with Gasteiger partial charge >= 0.3 is 0 Å². The lowest BCUT2D eigenvalue weighted by Crippen LogP contribution is -1.97. The van der Waals surface area contributed by atoms with Crippen molar-refractivity contribution in [1.29, 1.82) is 0 Å². The summed E-state index contributed by atoms with van der Waals surface area (Å²) in [6, 6.07) is 15.3. The minimum atomic E-state index is 0.679. The Bertz CT molecular complexity index is 735. The number of halogens is 1. The number of pyridine rings is 1. The number of aromatic nitrogens is 1. The molecule has 94 valence electrons. The van der Waals surface area contributed by atoms with Crippen LogP contribution in [-0.4, -0.2) is 4.98 Å². The summed E-state index contributed by atoms with van der Waals surface area (Å²) < 4.78 is 0. The van der Waals surface area contributed by atoms with Gasteiger partial charge in [-0.05, 0) is 35.7 Å². The predicted molar refractivity (Wildman–Crippen MR) is 80.9 cm³/mol. The third kappa shape index (κ3) is 2.33. The molecule has 4 heteroatoms. The Hall–Kier alpha value is -2.26. The number of nitrogens with zero attached hydrogens (tertiary/aromatic N) is 1. The summed E-state index contributed by atoms with van der Waals surface area (Å²) in [6.07, 6.45) is 1.76. The second kappa shape index (κ2) is 4.78. The average Bonchev–Trinajstić information content (AvgIpc) is 2.39. The lowest BCUT2D eigenvalue weighted by molar-refractivity contribution is 1.34. The van der Waals surface area contributed by atoms with Crippen LogP contribution in [0.25, 0.3) is 10.8 Å². The normalized spacial score (nSPS) is 10.6. The summed E-state index contributed by atoms with van der Waals surface area (Å²) in [5.41, 5.74) is 7.62. The molecule has 0 aliphatic rings.